The predicted molar refractivity (Wildman–Crippen MR) is 69.6 cm³/mol. The molecule has 4 heteroatoms. The number of rotatable bonds is 2. The maximum atomic E-state index is 11.8. The van der Waals surface area contributed by atoms with Crippen molar-refractivity contribution in [1.29, 1.82) is 5.26 Å². The summed E-state index contributed by atoms with van der Waals surface area (Å²) in [6, 6.07) is 9.75. The van der Waals surface area contributed by atoms with Crippen molar-refractivity contribution in [2.24, 2.45) is 7.05 Å². The van der Waals surface area contributed by atoms with Crippen molar-refractivity contribution in [2.75, 3.05) is 0 Å². The van der Waals surface area contributed by atoms with E-state index in [0.717, 1.165) is 11.3 Å². The maximum Gasteiger partial charge on any atom is 0.332 e. The first-order valence-corrected chi connectivity index (χ1v) is 5.72. The second-order valence-corrected chi connectivity index (χ2v) is 4.85. The SMILES string of the molecule is Cn1ccn(-c2ccc(C(C)(C)C#N)cc2)c1=O. The van der Waals surface area contributed by atoms with Crippen molar-refractivity contribution in [3.05, 3.63) is 52.7 Å². The summed E-state index contributed by atoms with van der Waals surface area (Å²) in [6.07, 6.45) is 3.45. The van der Waals surface area contributed by atoms with Crippen LogP contribution < -0.4 is 5.69 Å². The summed E-state index contributed by atoms with van der Waals surface area (Å²) < 4.78 is 3.09. The first kappa shape index (κ1) is 12.2. The van der Waals surface area contributed by atoms with Gasteiger partial charge in [0.1, 0.15) is 0 Å². The number of nitrogens with zero attached hydrogens (tertiary/aromatic N) is 3. The Morgan fingerprint density at radius 2 is 1.78 bits per heavy atom. The van der Waals surface area contributed by atoms with E-state index < -0.39 is 5.41 Å². The zero-order valence-electron chi connectivity index (χ0n) is 10.7. The van der Waals surface area contributed by atoms with Crippen molar-refractivity contribution in [3.63, 3.8) is 0 Å². The van der Waals surface area contributed by atoms with Crippen molar-refractivity contribution in [1.82, 2.24) is 9.13 Å². The lowest BCUT2D eigenvalue weighted by molar-refractivity contribution is 0.686. The normalized spacial score (nSPS) is 11.2. The summed E-state index contributed by atoms with van der Waals surface area (Å²) >= 11 is 0. The molecule has 92 valence electrons. The van der Waals surface area contributed by atoms with Crippen molar-refractivity contribution in [3.8, 4) is 11.8 Å². The van der Waals surface area contributed by atoms with Crippen LogP contribution in [0.4, 0.5) is 0 Å². The van der Waals surface area contributed by atoms with Gasteiger partial charge in [0.2, 0.25) is 0 Å². The van der Waals surface area contributed by atoms with E-state index >= 15 is 0 Å². The van der Waals surface area contributed by atoms with Gasteiger partial charge in [0.05, 0.1) is 17.2 Å². The zero-order chi connectivity index (χ0) is 13.3. The lowest BCUT2D eigenvalue weighted by Crippen LogP contribution is -2.20. The molecule has 2 rings (SSSR count). The van der Waals surface area contributed by atoms with Crippen LogP contribution in [0, 0.1) is 11.3 Å². The summed E-state index contributed by atoms with van der Waals surface area (Å²) in [6.45, 7) is 3.74. The number of imidazole rings is 1. The molecule has 0 spiro atoms. The molecule has 0 fully saturated rings. The Hall–Kier alpha value is -2.28. The molecule has 0 amide bonds. The van der Waals surface area contributed by atoms with Crippen LogP contribution >= 0.6 is 0 Å². The first-order chi connectivity index (χ1) is 8.45. The molecule has 0 unspecified atom stereocenters. The van der Waals surface area contributed by atoms with Gasteiger partial charge in [0, 0.05) is 19.4 Å². The van der Waals surface area contributed by atoms with E-state index in [2.05, 4.69) is 6.07 Å². The summed E-state index contributed by atoms with van der Waals surface area (Å²) in [7, 11) is 1.71. The van der Waals surface area contributed by atoms with Crippen molar-refractivity contribution < 1.29 is 0 Å². The standard InChI is InChI=1S/C14H15N3O/c1-14(2,10-15)11-4-6-12(7-5-11)17-9-8-16(3)13(17)18/h4-9H,1-3H3. The van der Waals surface area contributed by atoms with Crippen LogP contribution in [0.5, 0.6) is 0 Å². The van der Waals surface area contributed by atoms with Gasteiger partial charge in [-0.3, -0.25) is 4.57 Å². The minimum atomic E-state index is -0.514. The minimum absolute atomic E-state index is 0.0812. The molecule has 0 N–H and O–H groups in total. The fraction of sp³-hybridized carbons (Fsp3) is 0.286. The van der Waals surface area contributed by atoms with Crippen LogP contribution in [0.3, 0.4) is 0 Å². The molecule has 0 aliphatic carbocycles. The molecule has 0 saturated carbocycles. The molecule has 0 radical (unpaired) electrons. The highest BCUT2D eigenvalue weighted by atomic mass is 16.1. The predicted octanol–water partition coefficient (Wildman–Crippen LogP) is 1.98. The molecule has 0 aliphatic heterocycles. The average Bonchev–Trinajstić information content (AvgIpc) is 2.70. The van der Waals surface area contributed by atoms with Gasteiger partial charge in [-0.25, -0.2) is 4.79 Å². The highest BCUT2D eigenvalue weighted by Gasteiger charge is 2.19. The average molecular weight is 241 g/mol. The van der Waals surface area contributed by atoms with Gasteiger partial charge in [-0.1, -0.05) is 12.1 Å². The molecule has 2 aromatic rings. The number of aromatic nitrogens is 2. The molecule has 1 heterocycles. The fourth-order valence-corrected chi connectivity index (χ4v) is 1.76. The van der Waals surface area contributed by atoms with E-state index in [9.17, 15) is 4.79 Å². The van der Waals surface area contributed by atoms with E-state index in [1.54, 1.807) is 24.0 Å². The molecule has 0 atom stereocenters. The van der Waals surface area contributed by atoms with Gasteiger partial charge < -0.3 is 4.57 Å². The minimum Gasteiger partial charge on any atom is -0.302 e. The second kappa shape index (κ2) is 4.19. The lowest BCUT2D eigenvalue weighted by atomic mass is 9.86. The zero-order valence-corrected chi connectivity index (χ0v) is 10.7. The van der Waals surface area contributed by atoms with Gasteiger partial charge in [-0.05, 0) is 31.5 Å². The summed E-state index contributed by atoms with van der Waals surface area (Å²) in [5.41, 5.74) is 1.15. The molecular formula is C14H15N3O. The van der Waals surface area contributed by atoms with Gasteiger partial charge in [0.25, 0.3) is 0 Å². The molecular weight excluding hydrogens is 226 g/mol. The van der Waals surface area contributed by atoms with Crippen molar-refractivity contribution >= 4 is 0 Å². The van der Waals surface area contributed by atoms with Crippen LogP contribution in [-0.2, 0) is 12.5 Å². The third-order valence-electron chi connectivity index (χ3n) is 3.09. The number of nitriles is 1. The van der Waals surface area contributed by atoms with Crippen LogP contribution in [0.2, 0.25) is 0 Å². The first-order valence-electron chi connectivity index (χ1n) is 5.72. The second-order valence-electron chi connectivity index (χ2n) is 4.85. The van der Waals surface area contributed by atoms with E-state index in [1.165, 1.54) is 4.57 Å². The molecule has 18 heavy (non-hydrogen) atoms. The third-order valence-corrected chi connectivity index (χ3v) is 3.09. The summed E-state index contributed by atoms with van der Waals surface area (Å²) in [4.78, 5) is 11.8. The molecule has 0 aliphatic rings. The molecule has 0 saturated heterocycles. The lowest BCUT2D eigenvalue weighted by Gasteiger charge is -2.15. The number of hydrogen-bond acceptors (Lipinski definition) is 2. The third kappa shape index (κ3) is 1.95. The highest BCUT2D eigenvalue weighted by molar-refractivity contribution is 5.39. The largest absolute Gasteiger partial charge is 0.332 e. The Morgan fingerprint density at radius 3 is 2.22 bits per heavy atom. The summed E-state index contributed by atoms with van der Waals surface area (Å²) in [5, 5.41) is 9.07. The van der Waals surface area contributed by atoms with Crippen molar-refractivity contribution in [2.45, 2.75) is 19.3 Å². The highest BCUT2D eigenvalue weighted by Crippen LogP contribution is 2.22. The van der Waals surface area contributed by atoms with Crippen LogP contribution in [0.25, 0.3) is 5.69 Å². The van der Waals surface area contributed by atoms with Gasteiger partial charge in [-0.2, -0.15) is 5.26 Å². The van der Waals surface area contributed by atoms with E-state index in [4.69, 9.17) is 5.26 Å². The molecule has 4 nitrogen and oxygen atoms in total. The maximum absolute atomic E-state index is 11.8. The van der Waals surface area contributed by atoms with E-state index in [-0.39, 0.29) is 5.69 Å². The van der Waals surface area contributed by atoms with Gasteiger partial charge in [0.15, 0.2) is 0 Å². The van der Waals surface area contributed by atoms with E-state index in [0.29, 0.717) is 0 Å². The Labute approximate surface area is 106 Å². The number of benzene rings is 1. The molecule has 1 aromatic carbocycles. The quantitative estimate of drug-likeness (QED) is 0.807. The van der Waals surface area contributed by atoms with E-state index in [1.807, 2.05) is 38.1 Å². The Bertz CT molecular complexity index is 654. The molecule has 1 aromatic heterocycles. The monoisotopic (exact) mass is 241 g/mol. The van der Waals surface area contributed by atoms with Gasteiger partial charge in [-0.15, -0.1) is 0 Å². The van der Waals surface area contributed by atoms with Gasteiger partial charge >= 0.3 is 5.69 Å². The number of aryl methyl sites for hydroxylation is 1. The Morgan fingerprint density at radius 1 is 1.17 bits per heavy atom. The Kier molecular flexibility index (Phi) is 2.84. The molecule has 0 bridgehead atoms. The summed E-state index contributed by atoms with van der Waals surface area (Å²) in [5.74, 6) is 0. The Balaban J connectivity index is 2.44. The van der Waals surface area contributed by atoms with Crippen LogP contribution in [0.1, 0.15) is 19.4 Å². The topological polar surface area (TPSA) is 50.7 Å². The van der Waals surface area contributed by atoms with Crippen LogP contribution in [0.15, 0.2) is 41.5 Å². The van der Waals surface area contributed by atoms with Crippen LogP contribution in [-0.4, -0.2) is 9.13 Å². The number of hydrogen-bond donors (Lipinski definition) is 0. The fourth-order valence-electron chi connectivity index (χ4n) is 1.76. The smallest absolute Gasteiger partial charge is 0.302 e.